The van der Waals surface area contributed by atoms with E-state index < -0.39 is 5.60 Å². The van der Waals surface area contributed by atoms with E-state index in [9.17, 15) is 0 Å². The monoisotopic (exact) mass is 342 g/mol. The maximum absolute atomic E-state index is 5.48. The van der Waals surface area contributed by atoms with Crippen molar-refractivity contribution in [2.75, 3.05) is 6.61 Å². The van der Waals surface area contributed by atoms with Crippen molar-refractivity contribution < 1.29 is 24.6 Å². The van der Waals surface area contributed by atoms with E-state index in [1.165, 1.54) is 0 Å². The van der Waals surface area contributed by atoms with Crippen LogP contribution in [0.3, 0.4) is 0 Å². The van der Waals surface area contributed by atoms with Crippen LogP contribution in [0.2, 0.25) is 0 Å². The zero-order valence-electron chi connectivity index (χ0n) is 16.6. The average Bonchev–Trinajstić information content (AvgIpc) is 2.45. The lowest BCUT2D eigenvalue weighted by Crippen LogP contribution is -2.28. The van der Waals surface area contributed by atoms with Gasteiger partial charge in [-0.05, 0) is 67.9 Å². The highest BCUT2D eigenvalue weighted by Crippen LogP contribution is 2.26. The van der Waals surface area contributed by atoms with Crippen LogP contribution in [-0.4, -0.2) is 17.8 Å². The fourth-order valence-electron chi connectivity index (χ4n) is 1.29. The molecule has 0 unspecified atom stereocenters. The Bertz CT molecular complexity index is 429. The van der Waals surface area contributed by atoms with E-state index in [1.54, 1.807) is 0 Å². The third-order valence-electron chi connectivity index (χ3n) is 2.42. The average molecular weight is 342 g/mol. The molecule has 0 saturated heterocycles. The lowest BCUT2D eigenvalue weighted by Gasteiger charge is -2.28. The van der Waals surface area contributed by atoms with Gasteiger partial charge in [-0.3, -0.25) is 0 Å². The van der Waals surface area contributed by atoms with Gasteiger partial charge in [0.25, 0.3) is 0 Å². The van der Waals surface area contributed by atoms with Crippen molar-refractivity contribution in [2.24, 2.45) is 0 Å². The van der Waals surface area contributed by atoms with Crippen LogP contribution in [0, 0.1) is 0 Å². The van der Waals surface area contributed by atoms with Gasteiger partial charge in [0.05, 0.1) is 17.8 Å². The second-order valence-electron chi connectivity index (χ2n) is 7.83. The summed E-state index contributed by atoms with van der Waals surface area (Å²) in [5, 5.41) is 4.35. The molecule has 1 aromatic carbocycles. The van der Waals surface area contributed by atoms with Gasteiger partial charge in [0.15, 0.2) is 0 Å². The number of hydrogen-bond acceptors (Lipinski definition) is 5. The van der Waals surface area contributed by atoms with Gasteiger partial charge in [-0.15, -0.1) is 0 Å². The van der Waals surface area contributed by atoms with Crippen molar-refractivity contribution in [3.05, 3.63) is 35.9 Å². The first-order chi connectivity index (χ1) is 10.9. The summed E-state index contributed by atoms with van der Waals surface area (Å²) < 4.78 is 0. The number of benzene rings is 1. The predicted molar refractivity (Wildman–Crippen MR) is 94.9 cm³/mol. The van der Waals surface area contributed by atoms with Crippen molar-refractivity contribution in [3.63, 3.8) is 0 Å². The van der Waals surface area contributed by atoms with Crippen molar-refractivity contribution in [3.8, 4) is 0 Å². The van der Waals surface area contributed by atoms with E-state index in [0.29, 0.717) is 6.61 Å². The molecule has 0 aliphatic carbocycles. The van der Waals surface area contributed by atoms with Crippen molar-refractivity contribution >= 4 is 0 Å². The minimum atomic E-state index is -0.422. The lowest BCUT2D eigenvalue weighted by atomic mass is 9.99. The molecule has 24 heavy (non-hydrogen) atoms. The van der Waals surface area contributed by atoms with Crippen LogP contribution in [0.15, 0.2) is 30.3 Å². The number of rotatable bonds is 6. The Kier molecular flexibility index (Phi) is 9.70. The maximum Gasteiger partial charge on any atom is 0.123 e. The molecule has 5 heteroatoms. The summed E-state index contributed by atoms with van der Waals surface area (Å²) in [6.45, 7) is 17.9. The van der Waals surface area contributed by atoms with Crippen LogP contribution in [0.1, 0.15) is 67.9 Å². The summed E-state index contributed by atoms with van der Waals surface area (Å²) in [4.78, 5) is 20.1. The zero-order chi connectivity index (χ0) is 18.9. The zero-order valence-corrected chi connectivity index (χ0v) is 16.6. The van der Waals surface area contributed by atoms with Crippen LogP contribution in [0.25, 0.3) is 0 Å². The summed E-state index contributed by atoms with van der Waals surface area (Å²) >= 11 is 0. The largest absolute Gasteiger partial charge is 0.230 e. The smallest absolute Gasteiger partial charge is 0.123 e. The molecule has 0 heterocycles. The van der Waals surface area contributed by atoms with Crippen LogP contribution in [0.5, 0.6) is 0 Å². The first-order valence-corrected chi connectivity index (χ1v) is 8.27. The standard InChI is InChI=1S/C13H20O2.C6H14O3/c1-12(2,3)14-15-13(4,5)11-9-7-6-8-10-11;1-5-7-9-8-6(2,3)4/h6-10H,1-5H3;5H2,1-4H3. The van der Waals surface area contributed by atoms with Crippen molar-refractivity contribution in [2.45, 2.75) is 79.1 Å². The van der Waals surface area contributed by atoms with Gasteiger partial charge >= 0.3 is 0 Å². The molecule has 0 N–H and O–H groups in total. The van der Waals surface area contributed by atoms with Crippen LogP contribution in [-0.2, 0) is 30.2 Å². The van der Waals surface area contributed by atoms with E-state index >= 15 is 0 Å². The van der Waals surface area contributed by atoms with Gasteiger partial charge in [-0.1, -0.05) is 35.4 Å². The molecule has 140 valence electrons. The van der Waals surface area contributed by atoms with Gasteiger partial charge in [0, 0.05) is 0 Å². The molecule has 0 aliphatic heterocycles. The van der Waals surface area contributed by atoms with E-state index in [0.717, 1.165) is 5.56 Å². The molecule has 1 rings (SSSR count). The van der Waals surface area contributed by atoms with Gasteiger partial charge in [-0.25, -0.2) is 19.6 Å². The van der Waals surface area contributed by atoms with E-state index in [-0.39, 0.29) is 11.2 Å². The lowest BCUT2D eigenvalue weighted by molar-refractivity contribution is -0.537. The summed E-state index contributed by atoms with van der Waals surface area (Å²) in [7, 11) is 0. The highest BCUT2D eigenvalue weighted by atomic mass is 17.5. The fourth-order valence-corrected chi connectivity index (χ4v) is 1.29. The molecule has 0 aliphatic rings. The molecule has 0 amide bonds. The normalized spacial score (nSPS) is 12.5. The van der Waals surface area contributed by atoms with Crippen molar-refractivity contribution in [1.29, 1.82) is 0 Å². The third-order valence-corrected chi connectivity index (χ3v) is 2.42. The summed E-state index contributed by atoms with van der Waals surface area (Å²) in [6, 6.07) is 10.1. The molecule has 0 saturated carbocycles. The Labute approximate surface area is 147 Å². The molecule has 0 spiro atoms. The fraction of sp³-hybridized carbons (Fsp3) is 0.684. The first kappa shape index (κ1) is 23.0. The van der Waals surface area contributed by atoms with E-state index in [4.69, 9.17) is 14.7 Å². The highest BCUT2D eigenvalue weighted by Gasteiger charge is 2.25. The maximum atomic E-state index is 5.48. The molecule has 1 aromatic rings. The Hall–Kier alpha value is -0.980. The van der Waals surface area contributed by atoms with E-state index in [1.807, 2.05) is 92.6 Å². The minimum Gasteiger partial charge on any atom is -0.230 e. The summed E-state index contributed by atoms with van der Waals surface area (Å²) in [5.41, 5.74) is 0.102. The Morgan fingerprint density at radius 2 is 1.21 bits per heavy atom. The molecule has 0 aromatic heterocycles. The highest BCUT2D eigenvalue weighted by molar-refractivity contribution is 5.20. The Balaban J connectivity index is 0.000000506. The predicted octanol–water partition coefficient (Wildman–Crippen LogP) is 5.35. The topological polar surface area (TPSA) is 46.2 Å². The Morgan fingerprint density at radius 3 is 1.62 bits per heavy atom. The van der Waals surface area contributed by atoms with Crippen molar-refractivity contribution in [1.82, 2.24) is 0 Å². The number of hydrogen-bond donors (Lipinski definition) is 0. The molecule has 0 fully saturated rings. The second kappa shape index (κ2) is 10.1. The molecular formula is C19H34O5. The summed E-state index contributed by atoms with van der Waals surface area (Å²) in [6.07, 6.45) is 0. The third kappa shape index (κ3) is 12.4. The van der Waals surface area contributed by atoms with Crippen LogP contribution in [0.4, 0.5) is 0 Å². The molecule has 0 radical (unpaired) electrons. The molecule has 5 nitrogen and oxygen atoms in total. The van der Waals surface area contributed by atoms with Gasteiger partial charge in [0.2, 0.25) is 0 Å². The van der Waals surface area contributed by atoms with Crippen LogP contribution >= 0.6 is 0 Å². The van der Waals surface area contributed by atoms with E-state index in [2.05, 4.69) is 9.93 Å². The first-order valence-electron chi connectivity index (χ1n) is 8.27. The molecular weight excluding hydrogens is 308 g/mol. The minimum absolute atomic E-state index is 0.286. The Morgan fingerprint density at radius 1 is 0.708 bits per heavy atom. The quantitative estimate of drug-likeness (QED) is 0.396. The molecule has 0 atom stereocenters. The summed E-state index contributed by atoms with van der Waals surface area (Å²) in [5.74, 6) is 0. The van der Waals surface area contributed by atoms with Gasteiger partial charge < -0.3 is 0 Å². The van der Waals surface area contributed by atoms with Gasteiger partial charge in [-0.2, -0.15) is 0 Å². The molecule has 0 bridgehead atoms. The SMILES string of the molecule is CC(C)(C)OOC(C)(C)c1ccccc1.CCOOOC(C)(C)C. The van der Waals surface area contributed by atoms with Gasteiger partial charge in [0.1, 0.15) is 5.60 Å². The second-order valence-corrected chi connectivity index (χ2v) is 7.83. The van der Waals surface area contributed by atoms with Crippen LogP contribution < -0.4 is 0 Å².